The van der Waals surface area contributed by atoms with E-state index in [4.69, 9.17) is 15.2 Å². The molecule has 0 unspecified atom stereocenters. The molecule has 2 N–H and O–H groups in total. The van der Waals surface area contributed by atoms with Crippen molar-refractivity contribution in [3.63, 3.8) is 0 Å². The molecule has 0 atom stereocenters. The fourth-order valence-electron chi connectivity index (χ4n) is 1.62. The molecule has 0 aliphatic rings. The summed E-state index contributed by atoms with van der Waals surface area (Å²) in [5.74, 6) is -2.26. The summed E-state index contributed by atoms with van der Waals surface area (Å²) in [7, 11) is 2.62. The first-order chi connectivity index (χ1) is 8.60. The summed E-state index contributed by atoms with van der Waals surface area (Å²) >= 11 is 0. The number of hydrogen-bond donors (Lipinski definition) is 1. The van der Waals surface area contributed by atoms with E-state index >= 15 is 0 Å². The van der Waals surface area contributed by atoms with E-state index in [0.717, 1.165) is 6.07 Å². The molecule has 0 amide bonds. The van der Waals surface area contributed by atoms with Crippen LogP contribution in [0.25, 0.3) is 11.1 Å². The molecule has 0 spiro atoms. The van der Waals surface area contributed by atoms with Crippen molar-refractivity contribution >= 4 is 5.88 Å². The first-order valence-electron chi connectivity index (χ1n) is 4.90. The maximum absolute atomic E-state index is 13.9. The number of halogens is 2. The molecule has 0 aliphatic heterocycles. The van der Waals surface area contributed by atoms with Gasteiger partial charge in [-0.25, -0.2) is 8.78 Å². The summed E-state index contributed by atoms with van der Waals surface area (Å²) in [5, 5.41) is 3.41. The highest BCUT2D eigenvalue weighted by Gasteiger charge is 2.24. The summed E-state index contributed by atoms with van der Waals surface area (Å²) in [6.45, 7) is 0. The molecule has 1 aromatic carbocycles. The van der Waals surface area contributed by atoms with E-state index in [1.807, 2.05) is 0 Å². The van der Waals surface area contributed by atoms with Crippen molar-refractivity contribution in [2.24, 2.45) is 0 Å². The Morgan fingerprint density at radius 3 is 2.50 bits per heavy atom. The van der Waals surface area contributed by atoms with Crippen LogP contribution in [0.5, 0.6) is 11.5 Å². The lowest BCUT2D eigenvalue weighted by Gasteiger charge is -2.13. The van der Waals surface area contributed by atoms with Gasteiger partial charge in [0.2, 0.25) is 5.88 Å². The van der Waals surface area contributed by atoms with Gasteiger partial charge in [0.15, 0.2) is 23.1 Å². The first kappa shape index (κ1) is 12.2. The van der Waals surface area contributed by atoms with Crippen LogP contribution in [0.3, 0.4) is 0 Å². The molecule has 2 aromatic rings. The summed E-state index contributed by atoms with van der Waals surface area (Å²) in [4.78, 5) is 0. The maximum atomic E-state index is 13.9. The molecule has 0 saturated heterocycles. The first-order valence-corrected chi connectivity index (χ1v) is 4.90. The average molecular weight is 256 g/mol. The zero-order valence-corrected chi connectivity index (χ0v) is 9.66. The largest absolute Gasteiger partial charge is 0.493 e. The molecule has 0 bridgehead atoms. The average Bonchev–Trinajstić information content (AvgIpc) is 2.78. The third-order valence-electron chi connectivity index (χ3n) is 2.43. The fourth-order valence-corrected chi connectivity index (χ4v) is 1.62. The van der Waals surface area contributed by atoms with Crippen molar-refractivity contribution in [2.75, 3.05) is 20.0 Å². The van der Waals surface area contributed by atoms with Crippen molar-refractivity contribution < 1.29 is 22.8 Å². The van der Waals surface area contributed by atoms with Gasteiger partial charge in [0, 0.05) is 6.07 Å². The minimum atomic E-state index is -1.11. The number of methoxy groups -OCH3 is 2. The lowest BCUT2D eigenvalue weighted by molar-refractivity contribution is 0.349. The van der Waals surface area contributed by atoms with Gasteiger partial charge in [0.1, 0.15) is 0 Å². The monoisotopic (exact) mass is 256 g/mol. The van der Waals surface area contributed by atoms with E-state index in [2.05, 4.69) is 9.68 Å². The molecule has 0 saturated carbocycles. The summed E-state index contributed by atoms with van der Waals surface area (Å²) in [6, 6.07) is 0.890. The SMILES string of the molecule is COc1cc(F)c(F)c(-c2cnoc2N)c1OC. The van der Waals surface area contributed by atoms with E-state index < -0.39 is 11.6 Å². The van der Waals surface area contributed by atoms with Crippen molar-refractivity contribution in [2.45, 2.75) is 0 Å². The Balaban J connectivity index is 2.79. The zero-order chi connectivity index (χ0) is 13.3. The van der Waals surface area contributed by atoms with Crippen LogP contribution in [0.1, 0.15) is 0 Å². The minimum absolute atomic E-state index is 0.0197. The lowest BCUT2D eigenvalue weighted by atomic mass is 10.1. The van der Waals surface area contributed by atoms with Gasteiger partial charge in [0.25, 0.3) is 0 Å². The Labute approximate surface area is 101 Å². The van der Waals surface area contributed by atoms with Crippen molar-refractivity contribution in [3.05, 3.63) is 23.9 Å². The number of nitrogen functional groups attached to an aromatic ring is 1. The lowest BCUT2D eigenvalue weighted by Crippen LogP contribution is -2.00. The number of benzene rings is 1. The number of ether oxygens (including phenoxy) is 2. The maximum Gasteiger partial charge on any atom is 0.230 e. The standard InChI is InChI=1S/C11H10F2N2O3/c1-16-7-3-6(12)9(13)8(10(7)17-2)5-4-15-18-11(5)14/h3-4H,14H2,1-2H3. The molecule has 2 rings (SSSR count). The topological polar surface area (TPSA) is 70.5 Å². The van der Waals surface area contributed by atoms with Crippen LogP contribution in [-0.4, -0.2) is 19.4 Å². The second-order valence-corrected chi connectivity index (χ2v) is 3.39. The number of rotatable bonds is 3. The van der Waals surface area contributed by atoms with Crippen LogP contribution < -0.4 is 15.2 Å². The van der Waals surface area contributed by atoms with Gasteiger partial charge in [0.05, 0.1) is 31.5 Å². The summed E-state index contributed by atoms with van der Waals surface area (Å²) < 4.78 is 41.9. The van der Waals surface area contributed by atoms with Crippen LogP contribution in [-0.2, 0) is 0 Å². The fraction of sp³-hybridized carbons (Fsp3) is 0.182. The number of hydrogen-bond acceptors (Lipinski definition) is 5. The molecule has 5 nitrogen and oxygen atoms in total. The molecular weight excluding hydrogens is 246 g/mol. The minimum Gasteiger partial charge on any atom is -0.493 e. The summed E-state index contributed by atoms with van der Waals surface area (Å²) in [5.41, 5.74) is 5.40. The predicted molar refractivity (Wildman–Crippen MR) is 59.4 cm³/mol. The van der Waals surface area contributed by atoms with E-state index in [0.29, 0.717) is 0 Å². The van der Waals surface area contributed by atoms with E-state index in [1.165, 1.54) is 20.4 Å². The third-order valence-corrected chi connectivity index (χ3v) is 2.43. The summed E-state index contributed by atoms with van der Waals surface area (Å²) in [6.07, 6.45) is 1.18. The highest BCUT2D eigenvalue weighted by Crippen LogP contribution is 2.42. The van der Waals surface area contributed by atoms with Crippen molar-refractivity contribution in [1.29, 1.82) is 0 Å². The molecule has 0 aliphatic carbocycles. The van der Waals surface area contributed by atoms with Crippen LogP contribution in [0.4, 0.5) is 14.7 Å². The molecule has 1 heterocycles. The van der Waals surface area contributed by atoms with Gasteiger partial charge in [-0.2, -0.15) is 0 Å². The van der Waals surface area contributed by atoms with Crippen molar-refractivity contribution in [3.8, 4) is 22.6 Å². The molecular formula is C11H10F2N2O3. The van der Waals surface area contributed by atoms with E-state index in [9.17, 15) is 8.78 Å². The molecule has 18 heavy (non-hydrogen) atoms. The molecule has 1 aromatic heterocycles. The molecule has 0 fully saturated rings. The van der Waals surface area contributed by atoms with Crippen molar-refractivity contribution in [1.82, 2.24) is 5.16 Å². The molecule has 7 heteroatoms. The number of nitrogens with two attached hydrogens (primary N) is 1. The van der Waals surface area contributed by atoms with E-state index in [1.54, 1.807) is 0 Å². The highest BCUT2D eigenvalue weighted by molar-refractivity contribution is 5.80. The van der Waals surface area contributed by atoms with Gasteiger partial charge in [-0.15, -0.1) is 0 Å². The van der Waals surface area contributed by atoms with Gasteiger partial charge in [-0.05, 0) is 0 Å². The number of nitrogens with zero attached hydrogens (tertiary/aromatic N) is 1. The predicted octanol–water partition coefficient (Wildman–Crippen LogP) is 2.22. The van der Waals surface area contributed by atoms with Gasteiger partial charge in [-0.1, -0.05) is 5.16 Å². The van der Waals surface area contributed by atoms with Gasteiger partial charge >= 0.3 is 0 Å². The van der Waals surface area contributed by atoms with Gasteiger partial charge in [-0.3, -0.25) is 0 Å². The Kier molecular flexibility index (Phi) is 3.05. The van der Waals surface area contributed by atoms with Crippen LogP contribution >= 0.6 is 0 Å². The quantitative estimate of drug-likeness (QED) is 0.911. The van der Waals surface area contributed by atoms with E-state index in [-0.39, 0.29) is 28.5 Å². The zero-order valence-electron chi connectivity index (χ0n) is 9.66. The normalized spacial score (nSPS) is 10.4. The smallest absolute Gasteiger partial charge is 0.230 e. The molecule has 96 valence electrons. The third kappa shape index (κ3) is 1.73. The number of anilines is 1. The second-order valence-electron chi connectivity index (χ2n) is 3.39. The van der Waals surface area contributed by atoms with Gasteiger partial charge < -0.3 is 19.7 Å². The number of aromatic nitrogens is 1. The van der Waals surface area contributed by atoms with Crippen LogP contribution in [0.15, 0.2) is 16.8 Å². The Morgan fingerprint density at radius 1 is 1.28 bits per heavy atom. The highest BCUT2D eigenvalue weighted by atomic mass is 19.2. The van der Waals surface area contributed by atoms with Crippen LogP contribution in [0.2, 0.25) is 0 Å². The second kappa shape index (κ2) is 4.52. The Bertz CT molecular complexity index is 584. The Morgan fingerprint density at radius 2 is 2.00 bits per heavy atom. The Hall–Kier alpha value is -2.31. The molecule has 0 radical (unpaired) electrons. The van der Waals surface area contributed by atoms with Crippen LogP contribution in [0, 0.1) is 11.6 Å².